The van der Waals surface area contributed by atoms with Crippen LogP contribution in [0.5, 0.6) is 5.75 Å². The van der Waals surface area contributed by atoms with Crippen molar-refractivity contribution >= 4 is 17.6 Å². The lowest BCUT2D eigenvalue weighted by molar-refractivity contribution is -0.136. The molecule has 1 aromatic carbocycles. The first-order chi connectivity index (χ1) is 7.67. The molecule has 0 aliphatic heterocycles. The van der Waals surface area contributed by atoms with E-state index in [1.165, 1.54) is 0 Å². The number of carbonyl (C=O) groups is 1. The predicted molar refractivity (Wildman–Crippen MR) is 61.5 cm³/mol. The van der Waals surface area contributed by atoms with Gasteiger partial charge < -0.3 is 9.47 Å². The summed E-state index contributed by atoms with van der Waals surface area (Å²) in [6.07, 6.45) is 0. The van der Waals surface area contributed by atoms with Crippen molar-refractivity contribution in [2.24, 2.45) is 0 Å². The van der Waals surface area contributed by atoms with Gasteiger partial charge in [0.25, 0.3) is 0 Å². The zero-order valence-corrected chi connectivity index (χ0v) is 9.80. The van der Waals surface area contributed by atoms with Crippen LogP contribution in [0, 0.1) is 11.8 Å². The van der Waals surface area contributed by atoms with Crippen molar-refractivity contribution in [2.75, 3.05) is 13.7 Å². The Labute approximate surface area is 99.3 Å². The minimum absolute atomic E-state index is 0.309. The third-order valence-corrected chi connectivity index (χ3v) is 2.06. The van der Waals surface area contributed by atoms with E-state index < -0.39 is 5.97 Å². The van der Waals surface area contributed by atoms with E-state index in [1.807, 2.05) is 0 Å². The minimum Gasteiger partial charge on any atom is -0.497 e. The molecule has 0 spiro atoms. The van der Waals surface area contributed by atoms with Crippen LogP contribution in [0.3, 0.4) is 0 Å². The number of hydrogen-bond donors (Lipinski definition) is 0. The number of halogens is 1. The Hall–Kier alpha value is -1.66. The number of ether oxygens (including phenoxy) is 2. The van der Waals surface area contributed by atoms with E-state index in [0.717, 1.165) is 0 Å². The van der Waals surface area contributed by atoms with Gasteiger partial charge in [0.15, 0.2) is 0 Å². The van der Waals surface area contributed by atoms with Gasteiger partial charge in [0.1, 0.15) is 5.75 Å². The molecule has 0 unspecified atom stereocenters. The number of benzene rings is 1. The quantitative estimate of drug-likeness (QED) is 0.586. The molecule has 0 aromatic heterocycles. The zero-order chi connectivity index (χ0) is 12.0. The third kappa shape index (κ3) is 3.48. The summed E-state index contributed by atoms with van der Waals surface area (Å²) >= 11 is 5.93. The van der Waals surface area contributed by atoms with E-state index in [-0.39, 0.29) is 0 Å². The zero-order valence-electron chi connectivity index (χ0n) is 9.04. The van der Waals surface area contributed by atoms with Gasteiger partial charge in [0, 0.05) is 11.5 Å². The Bertz CT molecular complexity index is 443. The van der Waals surface area contributed by atoms with Gasteiger partial charge in [-0.1, -0.05) is 17.5 Å². The molecule has 3 nitrogen and oxygen atoms in total. The van der Waals surface area contributed by atoms with Gasteiger partial charge in [-0.05, 0) is 25.1 Å². The topological polar surface area (TPSA) is 35.5 Å². The van der Waals surface area contributed by atoms with Gasteiger partial charge in [-0.25, -0.2) is 4.79 Å². The lowest BCUT2D eigenvalue weighted by Gasteiger charge is -2.00. The van der Waals surface area contributed by atoms with Crippen molar-refractivity contribution < 1.29 is 14.3 Å². The van der Waals surface area contributed by atoms with Crippen LogP contribution in [0.4, 0.5) is 0 Å². The van der Waals surface area contributed by atoms with Gasteiger partial charge >= 0.3 is 5.97 Å². The minimum atomic E-state index is -0.561. The molecular weight excluding hydrogens is 228 g/mol. The number of carbonyl (C=O) groups excluding carboxylic acids is 1. The highest BCUT2D eigenvalue weighted by atomic mass is 35.5. The fraction of sp³-hybridized carbons (Fsp3) is 0.250. The molecule has 0 aliphatic carbocycles. The highest BCUT2D eigenvalue weighted by Gasteiger charge is 2.00. The Morgan fingerprint density at radius 3 is 2.81 bits per heavy atom. The summed E-state index contributed by atoms with van der Waals surface area (Å²) in [6.45, 7) is 2.03. The van der Waals surface area contributed by atoms with Gasteiger partial charge in [-0.3, -0.25) is 0 Å². The maximum Gasteiger partial charge on any atom is 0.384 e. The van der Waals surface area contributed by atoms with Crippen LogP contribution >= 0.6 is 11.6 Å². The van der Waals surface area contributed by atoms with E-state index in [9.17, 15) is 4.79 Å². The molecule has 84 valence electrons. The van der Waals surface area contributed by atoms with Gasteiger partial charge in [0.2, 0.25) is 0 Å². The number of rotatable bonds is 2. The molecule has 0 amide bonds. The second kappa shape index (κ2) is 6.04. The molecule has 0 N–H and O–H groups in total. The second-order valence-corrected chi connectivity index (χ2v) is 3.22. The first kappa shape index (κ1) is 12.4. The maximum absolute atomic E-state index is 11.0. The summed E-state index contributed by atoms with van der Waals surface area (Å²) in [5.74, 6) is 5.06. The van der Waals surface area contributed by atoms with Crippen molar-refractivity contribution in [3.8, 4) is 17.6 Å². The van der Waals surface area contributed by atoms with Crippen LogP contribution in [0.2, 0.25) is 5.02 Å². The van der Waals surface area contributed by atoms with Crippen LogP contribution in [0.15, 0.2) is 18.2 Å². The van der Waals surface area contributed by atoms with Crippen molar-refractivity contribution in [1.29, 1.82) is 0 Å². The highest BCUT2D eigenvalue weighted by molar-refractivity contribution is 6.31. The Kier molecular flexibility index (Phi) is 4.68. The van der Waals surface area contributed by atoms with Gasteiger partial charge in [-0.15, -0.1) is 0 Å². The summed E-state index contributed by atoms with van der Waals surface area (Å²) in [6, 6.07) is 5.05. The van der Waals surface area contributed by atoms with E-state index in [2.05, 4.69) is 16.6 Å². The maximum atomic E-state index is 11.0. The summed E-state index contributed by atoms with van der Waals surface area (Å²) in [4.78, 5) is 11.0. The van der Waals surface area contributed by atoms with Crippen LogP contribution in [-0.4, -0.2) is 19.7 Å². The monoisotopic (exact) mass is 238 g/mol. The van der Waals surface area contributed by atoms with Crippen LogP contribution < -0.4 is 4.74 Å². The average molecular weight is 239 g/mol. The molecule has 0 fully saturated rings. The number of methoxy groups -OCH3 is 1. The van der Waals surface area contributed by atoms with E-state index in [4.69, 9.17) is 16.3 Å². The average Bonchev–Trinajstić information content (AvgIpc) is 2.27. The van der Waals surface area contributed by atoms with E-state index >= 15 is 0 Å². The molecule has 0 radical (unpaired) electrons. The van der Waals surface area contributed by atoms with Crippen LogP contribution in [-0.2, 0) is 9.53 Å². The van der Waals surface area contributed by atoms with Crippen LogP contribution in [0.1, 0.15) is 12.5 Å². The lowest BCUT2D eigenvalue weighted by atomic mass is 10.2. The van der Waals surface area contributed by atoms with Crippen molar-refractivity contribution in [3.05, 3.63) is 28.8 Å². The Morgan fingerprint density at radius 1 is 1.50 bits per heavy atom. The summed E-state index contributed by atoms with van der Waals surface area (Å²) in [7, 11) is 1.55. The Morgan fingerprint density at radius 2 is 2.25 bits per heavy atom. The predicted octanol–water partition coefficient (Wildman–Crippen LogP) is 2.26. The SMILES string of the molecule is CCOC(=O)C#Cc1ccc(OC)cc1Cl. The molecule has 0 heterocycles. The summed E-state index contributed by atoms with van der Waals surface area (Å²) in [5, 5.41) is 0.441. The number of esters is 1. The van der Waals surface area contributed by atoms with Gasteiger partial charge in [0.05, 0.1) is 18.7 Å². The molecule has 0 saturated heterocycles. The molecule has 1 aromatic rings. The second-order valence-electron chi connectivity index (χ2n) is 2.82. The van der Waals surface area contributed by atoms with Gasteiger partial charge in [-0.2, -0.15) is 0 Å². The first-order valence-electron chi connectivity index (χ1n) is 4.69. The third-order valence-electron chi connectivity index (χ3n) is 1.75. The summed E-state index contributed by atoms with van der Waals surface area (Å²) in [5.41, 5.74) is 0.565. The smallest absolute Gasteiger partial charge is 0.384 e. The Balaban J connectivity index is 2.85. The summed E-state index contributed by atoms with van der Waals surface area (Å²) < 4.78 is 9.66. The molecule has 16 heavy (non-hydrogen) atoms. The fourth-order valence-corrected chi connectivity index (χ4v) is 1.23. The molecule has 0 bridgehead atoms. The standard InChI is InChI=1S/C12H11ClO3/c1-3-16-12(14)7-5-9-4-6-10(15-2)8-11(9)13/h4,6,8H,3H2,1-2H3. The molecule has 0 aliphatic rings. The van der Waals surface area contributed by atoms with Crippen molar-refractivity contribution in [1.82, 2.24) is 0 Å². The van der Waals surface area contributed by atoms with E-state index in [1.54, 1.807) is 32.2 Å². The molecule has 0 atom stereocenters. The molecule has 1 rings (SSSR count). The highest BCUT2D eigenvalue weighted by Crippen LogP contribution is 2.21. The normalized spacial score (nSPS) is 8.94. The number of hydrogen-bond acceptors (Lipinski definition) is 3. The van der Waals surface area contributed by atoms with Crippen molar-refractivity contribution in [2.45, 2.75) is 6.92 Å². The first-order valence-corrected chi connectivity index (χ1v) is 5.07. The lowest BCUT2D eigenvalue weighted by Crippen LogP contribution is -1.99. The molecular formula is C12H11ClO3. The largest absolute Gasteiger partial charge is 0.497 e. The fourth-order valence-electron chi connectivity index (χ4n) is 1.01. The molecule has 4 heteroatoms. The van der Waals surface area contributed by atoms with Crippen LogP contribution in [0.25, 0.3) is 0 Å². The molecule has 0 saturated carbocycles. The van der Waals surface area contributed by atoms with Crippen molar-refractivity contribution in [3.63, 3.8) is 0 Å². The van der Waals surface area contributed by atoms with E-state index in [0.29, 0.717) is 22.9 Å².